The van der Waals surface area contributed by atoms with Gasteiger partial charge in [-0.1, -0.05) is 32.9 Å². The summed E-state index contributed by atoms with van der Waals surface area (Å²) < 4.78 is 15.2. The third-order valence-electron chi connectivity index (χ3n) is 3.94. The van der Waals surface area contributed by atoms with Gasteiger partial charge in [-0.2, -0.15) is 0 Å². The summed E-state index contributed by atoms with van der Waals surface area (Å²) in [6, 6.07) is 6.80. The molecule has 3 rings (SSSR count). The molecule has 1 aromatic carbocycles. The van der Waals surface area contributed by atoms with E-state index in [0.29, 0.717) is 6.42 Å². The highest BCUT2D eigenvalue weighted by molar-refractivity contribution is 5.21. The van der Waals surface area contributed by atoms with Gasteiger partial charge in [0.2, 0.25) is 0 Å². The van der Waals surface area contributed by atoms with Crippen LogP contribution in [0.25, 0.3) is 0 Å². The number of hydrogen-bond acceptors (Lipinski definition) is 3. The van der Waals surface area contributed by atoms with Gasteiger partial charge in [-0.3, -0.25) is 0 Å². The number of aromatic nitrogens is 3. The van der Waals surface area contributed by atoms with E-state index < -0.39 is 0 Å². The van der Waals surface area contributed by atoms with E-state index in [4.69, 9.17) is 0 Å². The van der Waals surface area contributed by atoms with Crippen molar-refractivity contribution in [2.75, 3.05) is 6.54 Å². The van der Waals surface area contributed by atoms with Crippen LogP contribution in [0.4, 0.5) is 4.39 Å². The quantitative estimate of drug-likeness (QED) is 0.924. The average Bonchev–Trinajstić information content (AvgIpc) is 2.83. The van der Waals surface area contributed by atoms with E-state index in [1.165, 1.54) is 12.1 Å². The highest BCUT2D eigenvalue weighted by Crippen LogP contribution is 2.33. The molecule has 1 aromatic heterocycles. The Morgan fingerprint density at radius 3 is 2.62 bits per heavy atom. The molecule has 4 nitrogen and oxygen atoms in total. The molecule has 21 heavy (non-hydrogen) atoms. The van der Waals surface area contributed by atoms with Crippen LogP contribution in [0.3, 0.4) is 0 Å². The molecule has 0 amide bonds. The molecule has 1 aliphatic heterocycles. The zero-order chi connectivity index (χ0) is 15.0. The van der Waals surface area contributed by atoms with Crippen molar-refractivity contribution in [3.8, 4) is 0 Å². The molecule has 1 unspecified atom stereocenters. The Bertz CT molecular complexity index is 625. The van der Waals surface area contributed by atoms with E-state index in [2.05, 4.69) is 40.9 Å². The number of fused-ring (bicyclic) bond motifs is 1. The highest BCUT2D eigenvalue weighted by Gasteiger charge is 2.33. The molecule has 0 bridgehead atoms. The van der Waals surface area contributed by atoms with E-state index in [-0.39, 0.29) is 17.3 Å². The Kier molecular flexibility index (Phi) is 3.53. The van der Waals surface area contributed by atoms with Crippen LogP contribution < -0.4 is 5.32 Å². The predicted molar refractivity (Wildman–Crippen MR) is 79.4 cm³/mol. The fraction of sp³-hybridized carbons (Fsp3) is 0.500. The van der Waals surface area contributed by atoms with Gasteiger partial charge in [0, 0.05) is 19.5 Å². The monoisotopic (exact) mass is 288 g/mol. The predicted octanol–water partition coefficient (Wildman–Crippen LogP) is 2.70. The molecule has 2 heterocycles. The fourth-order valence-electron chi connectivity index (χ4n) is 2.83. The van der Waals surface area contributed by atoms with E-state index in [1.54, 1.807) is 12.1 Å². The molecule has 0 spiro atoms. The summed E-state index contributed by atoms with van der Waals surface area (Å²) in [4.78, 5) is 0. The Labute approximate surface area is 124 Å². The first-order valence-electron chi connectivity index (χ1n) is 7.35. The van der Waals surface area contributed by atoms with E-state index in [0.717, 1.165) is 30.3 Å². The molecule has 0 radical (unpaired) electrons. The lowest BCUT2D eigenvalue weighted by atomic mass is 9.85. The van der Waals surface area contributed by atoms with E-state index in [1.807, 2.05) is 0 Å². The number of rotatable bonds is 2. The molecule has 1 aliphatic rings. The van der Waals surface area contributed by atoms with Crippen molar-refractivity contribution in [1.29, 1.82) is 0 Å². The van der Waals surface area contributed by atoms with Gasteiger partial charge in [0.05, 0.1) is 6.04 Å². The topological polar surface area (TPSA) is 42.7 Å². The van der Waals surface area contributed by atoms with E-state index in [9.17, 15) is 4.39 Å². The molecule has 1 N–H and O–H groups in total. The second-order valence-electron chi connectivity index (χ2n) is 6.68. The summed E-state index contributed by atoms with van der Waals surface area (Å²) >= 11 is 0. The standard InChI is InChI=1S/C16H21FN4/c1-16(2,3)14-15-20-19-13(21(15)9-8-18-14)10-11-4-6-12(17)7-5-11/h4-7,14,18H,8-10H2,1-3H3. The third kappa shape index (κ3) is 2.83. The second-order valence-corrected chi connectivity index (χ2v) is 6.68. The molecule has 0 saturated carbocycles. The van der Waals surface area contributed by atoms with E-state index >= 15 is 0 Å². The Balaban J connectivity index is 1.89. The lowest BCUT2D eigenvalue weighted by Gasteiger charge is -2.34. The summed E-state index contributed by atoms with van der Waals surface area (Å²) in [5, 5.41) is 12.3. The molecular weight excluding hydrogens is 267 g/mol. The Morgan fingerprint density at radius 1 is 1.24 bits per heavy atom. The SMILES string of the molecule is CC(C)(C)C1NCCn2c(Cc3ccc(F)cc3)nnc21. The fourth-order valence-corrected chi connectivity index (χ4v) is 2.83. The summed E-state index contributed by atoms with van der Waals surface area (Å²) in [6.45, 7) is 8.41. The van der Waals surface area contributed by atoms with Crippen molar-refractivity contribution in [3.63, 3.8) is 0 Å². The van der Waals surface area contributed by atoms with Crippen LogP contribution in [0.1, 0.15) is 44.0 Å². The highest BCUT2D eigenvalue weighted by atomic mass is 19.1. The minimum atomic E-state index is -0.209. The Morgan fingerprint density at radius 2 is 1.95 bits per heavy atom. The summed E-state index contributed by atoms with van der Waals surface area (Å²) in [7, 11) is 0. The van der Waals surface area contributed by atoms with Crippen molar-refractivity contribution in [1.82, 2.24) is 20.1 Å². The minimum absolute atomic E-state index is 0.0956. The molecule has 2 aromatic rings. The van der Waals surface area contributed by atoms with Crippen molar-refractivity contribution >= 4 is 0 Å². The molecular formula is C16H21FN4. The van der Waals surface area contributed by atoms with Gasteiger partial charge in [0.1, 0.15) is 11.6 Å². The van der Waals surface area contributed by atoms with Crippen molar-refractivity contribution in [3.05, 3.63) is 47.3 Å². The summed E-state index contributed by atoms with van der Waals surface area (Å²) in [5.41, 5.74) is 1.15. The van der Waals surface area contributed by atoms with Crippen LogP contribution in [-0.4, -0.2) is 21.3 Å². The van der Waals surface area contributed by atoms with Gasteiger partial charge in [0.25, 0.3) is 0 Å². The van der Waals surface area contributed by atoms with Gasteiger partial charge in [-0.05, 0) is 23.1 Å². The van der Waals surface area contributed by atoms with Gasteiger partial charge >= 0.3 is 0 Å². The molecule has 0 saturated heterocycles. The average molecular weight is 288 g/mol. The molecule has 112 valence electrons. The van der Waals surface area contributed by atoms with Crippen LogP contribution in [0, 0.1) is 11.2 Å². The maximum Gasteiger partial charge on any atom is 0.150 e. The summed E-state index contributed by atoms with van der Waals surface area (Å²) in [6.07, 6.45) is 0.685. The number of hydrogen-bond donors (Lipinski definition) is 1. The molecule has 0 fully saturated rings. The smallest absolute Gasteiger partial charge is 0.150 e. The maximum atomic E-state index is 13.0. The molecule has 5 heteroatoms. The van der Waals surface area contributed by atoms with Crippen LogP contribution in [0.2, 0.25) is 0 Å². The van der Waals surface area contributed by atoms with Gasteiger partial charge < -0.3 is 9.88 Å². The number of nitrogens with zero attached hydrogens (tertiary/aromatic N) is 3. The van der Waals surface area contributed by atoms with Gasteiger partial charge in [-0.15, -0.1) is 10.2 Å². The first-order valence-corrected chi connectivity index (χ1v) is 7.35. The zero-order valence-corrected chi connectivity index (χ0v) is 12.7. The van der Waals surface area contributed by atoms with Crippen LogP contribution in [0.15, 0.2) is 24.3 Å². The van der Waals surface area contributed by atoms with Crippen LogP contribution in [0.5, 0.6) is 0 Å². The third-order valence-corrected chi connectivity index (χ3v) is 3.94. The number of nitrogens with one attached hydrogen (secondary N) is 1. The van der Waals surface area contributed by atoms with Gasteiger partial charge in [-0.25, -0.2) is 4.39 Å². The normalized spacial score (nSPS) is 18.6. The van der Waals surface area contributed by atoms with Crippen molar-refractivity contribution < 1.29 is 4.39 Å². The largest absolute Gasteiger partial charge is 0.312 e. The van der Waals surface area contributed by atoms with Crippen LogP contribution >= 0.6 is 0 Å². The maximum absolute atomic E-state index is 13.0. The molecule has 0 aliphatic carbocycles. The van der Waals surface area contributed by atoms with Gasteiger partial charge in [0.15, 0.2) is 5.82 Å². The second kappa shape index (κ2) is 5.22. The minimum Gasteiger partial charge on any atom is -0.312 e. The number of halogens is 1. The zero-order valence-electron chi connectivity index (χ0n) is 12.7. The number of benzene rings is 1. The Hall–Kier alpha value is -1.75. The lowest BCUT2D eigenvalue weighted by Crippen LogP contribution is -2.41. The molecule has 1 atom stereocenters. The van der Waals surface area contributed by atoms with Crippen molar-refractivity contribution in [2.24, 2.45) is 5.41 Å². The first-order chi connectivity index (χ1) is 9.95. The van der Waals surface area contributed by atoms with Crippen molar-refractivity contribution in [2.45, 2.75) is 39.8 Å². The lowest BCUT2D eigenvalue weighted by molar-refractivity contribution is 0.232. The summed E-state index contributed by atoms with van der Waals surface area (Å²) in [5.74, 6) is 1.75. The first kappa shape index (κ1) is 14.2. The van der Waals surface area contributed by atoms with Crippen LogP contribution in [-0.2, 0) is 13.0 Å².